The number of benzene rings is 1. The Morgan fingerprint density at radius 1 is 1.38 bits per heavy atom. The van der Waals surface area contributed by atoms with Crippen LogP contribution in [0, 0.1) is 17.6 Å². The number of aromatic amines is 1. The lowest BCUT2D eigenvalue weighted by Gasteiger charge is -2.15. The van der Waals surface area contributed by atoms with E-state index in [1.807, 2.05) is 13.8 Å². The first-order valence-electron chi connectivity index (χ1n) is 6.94. The summed E-state index contributed by atoms with van der Waals surface area (Å²) in [4.78, 5) is 19.0. The highest BCUT2D eigenvalue weighted by Crippen LogP contribution is 2.27. The zero-order valence-corrected chi connectivity index (χ0v) is 12.2. The molecule has 0 spiro atoms. The highest BCUT2D eigenvalue weighted by molar-refractivity contribution is 5.81. The summed E-state index contributed by atoms with van der Waals surface area (Å²) >= 11 is 0. The van der Waals surface area contributed by atoms with Crippen LogP contribution in [-0.2, 0) is 9.53 Å². The minimum atomic E-state index is -1.01. The number of aromatic nitrogens is 2. The Bertz CT molecular complexity index is 652. The van der Waals surface area contributed by atoms with E-state index in [1.165, 1.54) is 6.07 Å². The number of nitrogens with zero attached hydrogens (tertiary/aromatic N) is 1. The van der Waals surface area contributed by atoms with Gasteiger partial charge in [0.2, 0.25) is 0 Å². The van der Waals surface area contributed by atoms with E-state index < -0.39 is 23.5 Å². The number of carbonyl (C=O) groups is 1. The van der Waals surface area contributed by atoms with Crippen molar-refractivity contribution in [1.82, 2.24) is 9.97 Å². The Kier molecular flexibility index (Phi) is 4.55. The average Bonchev–Trinajstić information content (AvgIpc) is 2.85. The lowest BCUT2D eigenvalue weighted by Crippen LogP contribution is -2.19. The van der Waals surface area contributed by atoms with E-state index in [9.17, 15) is 13.6 Å². The van der Waals surface area contributed by atoms with Crippen LogP contribution in [0.3, 0.4) is 0 Å². The summed E-state index contributed by atoms with van der Waals surface area (Å²) in [6, 6.07) is 2.43. The van der Waals surface area contributed by atoms with Gasteiger partial charge in [-0.25, -0.2) is 13.8 Å². The van der Waals surface area contributed by atoms with Crippen LogP contribution < -0.4 is 0 Å². The van der Waals surface area contributed by atoms with Crippen LogP contribution in [0.5, 0.6) is 0 Å². The number of hydrogen-bond donors (Lipinski definition) is 1. The fraction of sp³-hybridized carbons (Fsp3) is 0.467. The lowest BCUT2D eigenvalue weighted by atomic mass is 9.96. The number of hydrogen-bond acceptors (Lipinski definition) is 3. The molecule has 0 saturated carbocycles. The van der Waals surface area contributed by atoms with Gasteiger partial charge in [-0.1, -0.05) is 13.8 Å². The van der Waals surface area contributed by atoms with E-state index in [2.05, 4.69) is 9.97 Å². The van der Waals surface area contributed by atoms with Crippen LogP contribution in [0.4, 0.5) is 8.78 Å². The van der Waals surface area contributed by atoms with Gasteiger partial charge in [0.25, 0.3) is 0 Å². The molecule has 0 aliphatic rings. The Morgan fingerprint density at radius 3 is 2.71 bits per heavy atom. The Hall–Kier alpha value is -1.98. The van der Waals surface area contributed by atoms with Crippen molar-refractivity contribution in [2.75, 3.05) is 6.61 Å². The summed E-state index contributed by atoms with van der Waals surface area (Å²) < 4.78 is 32.0. The van der Waals surface area contributed by atoms with Crippen molar-refractivity contribution in [3.63, 3.8) is 0 Å². The van der Waals surface area contributed by atoms with E-state index >= 15 is 0 Å². The van der Waals surface area contributed by atoms with Crippen LogP contribution in [-0.4, -0.2) is 22.5 Å². The van der Waals surface area contributed by atoms with E-state index in [1.54, 1.807) is 6.92 Å². The summed E-state index contributed by atoms with van der Waals surface area (Å²) in [6.45, 7) is 5.92. The fourth-order valence-corrected chi connectivity index (χ4v) is 2.24. The number of ether oxygens (including phenoxy) is 1. The van der Waals surface area contributed by atoms with Crippen molar-refractivity contribution in [3.05, 3.63) is 29.6 Å². The zero-order chi connectivity index (χ0) is 15.6. The van der Waals surface area contributed by atoms with Crippen LogP contribution in [0.25, 0.3) is 11.0 Å². The topological polar surface area (TPSA) is 55.0 Å². The molecule has 0 aliphatic heterocycles. The van der Waals surface area contributed by atoms with Crippen LogP contribution >= 0.6 is 0 Å². The Labute approximate surface area is 121 Å². The molecular formula is C15H18F2N2O2. The molecule has 1 N–H and O–H groups in total. The average molecular weight is 296 g/mol. The van der Waals surface area contributed by atoms with Crippen molar-refractivity contribution < 1.29 is 18.3 Å². The molecule has 0 radical (unpaired) electrons. The summed E-state index contributed by atoms with van der Waals surface area (Å²) in [6.07, 6.45) is 0.517. The van der Waals surface area contributed by atoms with Gasteiger partial charge in [0.1, 0.15) is 17.3 Å². The van der Waals surface area contributed by atoms with Gasteiger partial charge in [0, 0.05) is 0 Å². The minimum Gasteiger partial charge on any atom is -0.465 e. The standard InChI is InChI=1S/C15H18F2N2O2/c1-4-21-15(20)9(7-8(2)3)14-18-11-6-5-10(16)12(17)13(11)19-14/h5-6,8-9H,4,7H2,1-3H3,(H,18,19). The van der Waals surface area contributed by atoms with Crippen molar-refractivity contribution >= 4 is 17.0 Å². The van der Waals surface area contributed by atoms with Gasteiger partial charge in [-0.05, 0) is 31.4 Å². The molecule has 0 aliphatic carbocycles. The third kappa shape index (κ3) is 3.20. The van der Waals surface area contributed by atoms with Gasteiger partial charge >= 0.3 is 5.97 Å². The summed E-state index contributed by atoms with van der Waals surface area (Å²) in [7, 11) is 0. The van der Waals surface area contributed by atoms with E-state index in [0.29, 0.717) is 17.8 Å². The van der Waals surface area contributed by atoms with E-state index in [4.69, 9.17) is 4.74 Å². The normalized spacial score (nSPS) is 12.9. The molecule has 0 fully saturated rings. The first kappa shape index (κ1) is 15.4. The van der Waals surface area contributed by atoms with Gasteiger partial charge in [-0.3, -0.25) is 4.79 Å². The monoisotopic (exact) mass is 296 g/mol. The molecule has 1 unspecified atom stereocenters. The van der Waals surface area contributed by atoms with Gasteiger partial charge in [-0.2, -0.15) is 0 Å². The number of carbonyl (C=O) groups excluding carboxylic acids is 1. The minimum absolute atomic E-state index is 0.0944. The zero-order valence-electron chi connectivity index (χ0n) is 12.2. The number of fused-ring (bicyclic) bond motifs is 1. The molecule has 0 bridgehead atoms. The summed E-state index contributed by atoms with van der Waals surface area (Å²) in [5.41, 5.74) is 0.269. The highest BCUT2D eigenvalue weighted by atomic mass is 19.2. The van der Waals surface area contributed by atoms with Crippen molar-refractivity contribution in [1.29, 1.82) is 0 Å². The van der Waals surface area contributed by atoms with Gasteiger partial charge in [0.15, 0.2) is 11.6 Å². The maximum atomic E-state index is 13.7. The second-order valence-corrected chi connectivity index (χ2v) is 5.31. The van der Waals surface area contributed by atoms with Crippen LogP contribution in [0.15, 0.2) is 12.1 Å². The van der Waals surface area contributed by atoms with Crippen molar-refractivity contribution in [2.24, 2.45) is 5.92 Å². The predicted molar refractivity (Wildman–Crippen MR) is 74.8 cm³/mol. The van der Waals surface area contributed by atoms with Crippen molar-refractivity contribution in [3.8, 4) is 0 Å². The molecule has 1 aromatic carbocycles. The number of rotatable bonds is 5. The Balaban J connectivity index is 2.44. The largest absolute Gasteiger partial charge is 0.465 e. The second kappa shape index (κ2) is 6.20. The number of esters is 1. The van der Waals surface area contributed by atoms with Crippen LogP contribution in [0.2, 0.25) is 0 Å². The van der Waals surface area contributed by atoms with Gasteiger partial charge in [0.05, 0.1) is 12.1 Å². The number of H-pyrrole nitrogens is 1. The third-order valence-corrected chi connectivity index (χ3v) is 3.17. The lowest BCUT2D eigenvalue weighted by molar-refractivity contribution is -0.145. The third-order valence-electron chi connectivity index (χ3n) is 3.17. The van der Waals surface area contributed by atoms with E-state index in [-0.39, 0.29) is 18.0 Å². The summed E-state index contributed by atoms with van der Waals surface area (Å²) in [5, 5.41) is 0. The number of imidazole rings is 1. The molecule has 1 heterocycles. The van der Waals surface area contributed by atoms with Gasteiger partial charge in [-0.15, -0.1) is 0 Å². The van der Waals surface area contributed by atoms with Crippen LogP contribution in [0.1, 0.15) is 38.9 Å². The first-order valence-corrected chi connectivity index (χ1v) is 6.94. The summed E-state index contributed by atoms with van der Waals surface area (Å²) in [5.74, 6) is -2.46. The molecule has 2 rings (SSSR count). The molecule has 1 atom stereocenters. The second-order valence-electron chi connectivity index (χ2n) is 5.31. The highest BCUT2D eigenvalue weighted by Gasteiger charge is 2.27. The Morgan fingerprint density at radius 2 is 2.10 bits per heavy atom. The van der Waals surface area contributed by atoms with Gasteiger partial charge < -0.3 is 9.72 Å². The number of nitrogens with one attached hydrogen (secondary N) is 1. The molecule has 0 amide bonds. The molecule has 114 valence electrons. The molecule has 21 heavy (non-hydrogen) atoms. The smallest absolute Gasteiger partial charge is 0.316 e. The molecule has 2 aromatic rings. The fourth-order valence-electron chi connectivity index (χ4n) is 2.24. The molecule has 1 aromatic heterocycles. The van der Waals surface area contributed by atoms with E-state index in [0.717, 1.165) is 6.07 Å². The molecule has 0 saturated heterocycles. The number of halogens is 2. The molecular weight excluding hydrogens is 278 g/mol. The SMILES string of the molecule is CCOC(=O)C(CC(C)C)c1nc2c(F)c(F)ccc2[nH]1. The maximum Gasteiger partial charge on any atom is 0.316 e. The molecule has 4 nitrogen and oxygen atoms in total. The first-order chi connectivity index (χ1) is 9.93. The quantitative estimate of drug-likeness (QED) is 0.859. The predicted octanol–water partition coefficient (Wildman–Crippen LogP) is 3.53. The van der Waals surface area contributed by atoms with Crippen molar-refractivity contribution in [2.45, 2.75) is 33.1 Å². The maximum absolute atomic E-state index is 13.7. The molecule has 6 heteroatoms.